The molecule has 0 heterocycles. The molecule has 4 nitrogen and oxygen atoms in total. The van der Waals surface area contributed by atoms with Crippen LogP contribution in [0.15, 0.2) is 36.4 Å². The van der Waals surface area contributed by atoms with Crippen LogP contribution in [0.4, 0.5) is 5.69 Å². The molecule has 2 aromatic rings. The average molecular weight is 294 g/mol. The monoisotopic (exact) mass is 293 g/mol. The third-order valence-electron chi connectivity index (χ3n) is 2.94. The molecule has 0 amide bonds. The number of phenols is 1. The minimum Gasteiger partial charge on any atom is -0.506 e. The molecule has 0 radical (unpaired) electrons. The molecule has 0 aromatic heterocycles. The van der Waals surface area contributed by atoms with Gasteiger partial charge in [0.05, 0.1) is 19.2 Å². The van der Waals surface area contributed by atoms with Gasteiger partial charge in [-0.2, -0.15) is 0 Å². The third kappa shape index (κ3) is 3.08. The summed E-state index contributed by atoms with van der Waals surface area (Å²) in [6, 6.07) is 10.8. The summed E-state index contributed by atoms with van der Waals surface area (Å²) in [6.45, 7) is 0.460. The van der Waals surface area contributed by atoms with Crippen molar-refractivity contribution >= 4 is 17.3 Å². The lowest BCUT2D eigenvalue weighted by Gasteiger charge is -2.12. The van der Waals surface area contributed by atoms with Gasteiger partial charge in [-0.15, -0.1) is 0 Å². The molecule has 0 unspecified atom stereocenters. The van der Waals surface area contributed by atoms with Gasteiger partial charge in [0.25, 0.3) is 0 Å². The van der Waals surface area contributed by atoms with Crippen LogP contribution in [0.1, 0.15) is 5.56 Å². The Hall–Kier alpha value is -2.07. The Morgan fingerprint density at radius 3 is 2.55 bits per heavy atom. The zero-order valence-electron chi connectivity index (χ0n) is 11.3. The van der Waals surface area contributed by atoms with Crippen molar-refractivity contribution in [1.82, 2.24) is 0 Å². The van der Waals surface area contributed by atoms with Crippen molar-refractivity contribution in [1.29, 1.82) is 0 Å². The predicted molar refractivity (Wildman–Crippen MR) is 80.0 cm³/mol. The summed E-state index contributed by atoms with van der Waals surface area (Å²) in [5.41, 5.74) is 1.59. The van der Waals surface area contributed by atoms with Crippen LogP contribution in [0.5, 0.6) is 17.2 Å². The molecule has 20 heavy (non-hydrogen) atoms. The van der Waals surface area contributed by atoms with Gasteiger partial charge in [0.1, 0.15) is 5.75 Å². The molecule has 0 saturated heterocycles. The first-order valence-electron chi connectivity index (χ1n) is 6.08. The molecule has 106 valence electrons. The molecule has 0 aliphatic carbocycles. The fourth-order valence-corrected chi connectivity index (χ4v) is 2.04. The van der Waals surface area contributed by atoms with E-state index in [4.69, 9.17) is 21.1 Å². The van der Waals surface area contributed by atoms with E-state index in [1.807, 2.05) is 24.3 Å². The number of methoxy groups -OCH3 is 2. The molecule has 2 rings (SSSR count). The first-order chi connectivity index (χ1) is 9.65. The second kappa shape index (κ2) is 6.39. The Morgan fingerprint density at radius 1 is 1.10 bits per heavy atom. The van der Waals surface area contributed by atoms with E-state index in [0.717, 1.165) is 11.3 Å². The molecule has 2 N–H and O–H groups in total. The van der Waals surface area contributed by atoms with Gasteiger partial charge in [-0.1, -0.05) is 23.7 Å². The van der Waals surface area contributed by atoms with Gasteiger partial charge in [0, 0.05) is 23.9 Å². The number of aromatic hydroxyl groups is 1. The van der Waals surface area contributed by atoms with Crippen LogP contribution in [0, 0.1) is 0 Å². The predicted octanol–water partition coefficient (Wildman–Crippen LogP) is 3.67. The Labute approximate surface area is 122 Å². The molecular weight excluding hydrogens is 278 g/mol. The minimum absolute atomic E-state index is 0.0992. The Kier molecular flexibility index (Phi) is 4.58. The summed E-state index contributed by atoms with van der Waals surface area (Å²) in [4.78, 5) is 0. The van der Waals surface area contributed by atoms with Gasteiger partial charge >= 0.3 is 0 Å². The summed E-state index contributed by atoms with van der Waals surface area (Å²) >= 11 is 5.87. The van der Waals surface area contributed by atoms with E-state index in [2.05, 4.69) is 5.32 Å². The number of rotatable bonds is 5. The molecule has 0 atom stereocenters. The van der Waals surface area contributed by atoms with Gasteiger partial charge < -0.3 is 19.9 Å². The molecule has 0 fully saturated rings. The zero-order valence-corrected chi connectivity index (χ0v) is 12.1. The number of hydrogen-bond acceptors (Lipinski definition) is 4. The van der Waals surface area contributed by atoms with Crippen LogP contribution in [-0.4, -0.2) is 19.3 Å². The van der Waals surface area contributed by atoms with Crippen molar-refractivity contribution in [3.8, 4) is 17.2 Å². The normalized spacial score (nSPS) is 10.2. The smallest absolute Gasteiger partial charge is 0.162 e. The van der Waals surface area contributed by atoms with Gasteiger partial charge in [0.2, 0.25) is 0 Å². The quantitative estimate of drug-likeness (QED) is 0.883. The van der Waals surface area contributed by atoms with E-state index in [0.29, 0.717) is 23.1 Å². The van der Waals surface area contributed by atoms with E-state index in [9.17, 15) is 5.11 Å². The fourth-order valence-electron chi connectivity index (χ4n) is 1.85. The van der Waals surface area contributed by atoms with Gasteiger partial charge in [-0.25, -0.2) is 0 Å². The van der Waals surface area contributed by atoms with E-state index in [1.165, 1.54) is 0 Å². The van der Waals surface area contributed by atoms with Crippen molar-refractivity contribution in [2.75, 3.05) is 19.5 Å². The summed E-state index contributed by atoms with van der Waals surface area (Å²) in [6.07, 6.45) is 0. The van der Waals surface area contributed by atoms with E-state index in [-0.39, 0.29) is 5.75 Å². The van der Waals surface area contributed by atoms with E-state index >= 15 is 0 Å². The average Bonchev–Trinajstić information content (AvgIpc) is 2.48. The van der Waals surface area contributed by atoms with Crippen molar-refractivity contribution in [3.05, 3.63) is 47.0 Å². The van der Waals surface area contributed by atoms with Gasteiger partial charge in [0.15, 0.2) is 11.5 Å². The molecule has 2 aromatic carbocycles. The molecule has 0 bridgehead atoms. The highest BCUT2D eigenvalue weighted by molar-refractivity contribution is 6.32. The fraction of sp³-hybridized carbons (Fsp3) is 0.200. The maximum atomic E-state index is 9.84. The molecular formula is C15H16ClNO3. The largest absolute Gasteiger partial charge is 0.506 e. The topological polar surface area (TPSA) is 50.7 Å². The minimum atomic E-state index is 0.0992. The van der Waals surface area contributed by atoms with Crippen molar-refractivity contribution in [2.45, 2.75) is 6.54 Å². The number of benzene rings is 2. The second-order valence-corrected chi connectivity index (χ2v) is 4.58. The summed E-state index contributed by atoms with van der Waals surface area (Å²) < 4.78 is 10.4. The maximum absolute atomic E-state index is 9.84. The van der Waals surface area contributed by atoms with Gasteiger partial charge in [-0.05, 0) is 18.2 Å². The maximum Gasteiger partial charge on any atom is 0.162 e. The van der Waals surface area contributed by atoms with Crippen LogP contribution < -0.4 is 14.8 Å². The lowest BCUT2D eigenvalue weighted by atomic mass is 10.2. The van der Waals surface area contributed by atoms with Crippen LogP contribution in [0.25, 0.3) is 0 Å². The number of hydrogen-bond donors (Lipinski definition) is 2. The van der Waals surface area contributed by atoms with Crippen molar-refractivity contribution in [3.63, 3.8) is 0 Å². The lowest BCUT2D eigenvalue weighted by molar-refractivity contribution is 0.355. The Bertz CT molecular complexity index is 602. The van der Waals surface area contributed by atoms with Crippen LogP contribution in [-0.2, 0) is 6.54 Å². The number of halogens is 1. The standard InChI is InChI=1S/C15H16ClNO3/c1-19-13-7-6-11(8-14(13)20-2)17-9-10-4-3-5-12(16)15(10)18/h3-8,17-18H,9H2,1-2H3. The van der Waals surface area contributed by atoms with E-state index < -0.39 is 0 Å². The highest BCUT2D eigenvalue weighted by Gasteiger charge is 2.07. The number of phenolic OH excluding ortho intramolecular Hbond substituents is 1. The first kappa shape index (κ1) is 14.3. The third-order valence-corrected chi connectivity index (χ3v) is 3.24. The Morgan fingerprint density at radius 2 is 1.85 bits per heavy atom. The zero-order chi connectivity index (χ0) is 14.5. The molecule has 0 aliphatic heterocycles. The van der Waals surface area contributed by atoms with Crippen LogP contribution >= 0.6 is 11.6 Å². The number of para-hydroxylation sites is 1. The van der Waals surface area contributed by atoms with E-state index in [1.54, 1.807) is 26.4 Å². The number of ether oxygens (including phenoxy) is 2. The second-order valence-electron chi connectivity index (χ2n) is 4.17. The highest BCUT2D eigenvalue weighted by Crippen LogP contribution is 2.31. The first-order valence-corrected chi connectivity index (χ1v) is 6.45. The van der Waals surface area contributed by atoms with Gasteiger partial charge in [-0.3, -0.25) is 0 Å². The molecule has 0 saturated carbocycles. The van der Waals surface area contributed by atoms with Crippen LogP contribution in [0.2, 0.25) is 5.02 Å². The lowest BCUT2D eigenvalue weighted by Crippen LogP contribution is -2.00. The Balaban J connectivity index is 2.13. The molecule has 0 aliphatic rings. The number of nitrogens with one attached hydrogen (secondary N) is 1. The number of anilines is 1. The highest BCUT2D eigenvalue weighted by atomic mass is 35.5. The summed E-state index contributed by atoms with van der Waals surface area (Å²) in [5, 5.41) is 13.4. The molecule has 0 spiro atoms. The van der Waals surface area contributed by atoms with Crippen molar-refractivity contribution in [2.24, 2.45) is 0 Å². The SMILES string of the molecule is COc1ccc(NCc2cccc(Cl)c2O)cc1OC. The molecule has 5 heteroatoms. The summed E-state index contributed by atoms with van der Waals surface area (Å²) in [7, 11) is 3.18. The van der Waals surface area contributed by atoms with Crippen molar-refractivity contribution < 1.29 is 14.6 Å². The van der Waals surface area contributed by atoms with Crippen LogP contribution in [0.3, 0.4) is 0 Å². The summed E-state index contributed by atoms with van der Waals surface area (Å²) in [5.74, 6) is 1.42.